The highest BCUT2D eigenvalue weighted by Crippen LogP contribution is 2.25. The highest BCUT2D eigenvalue weighted by Gasteiger charge is 2.21. The molecule has 0 saturated carbocycles. The molecule has 0 radical (unpaired) electrons. The molecule has 8 heteroatoms. The number of aromatic amines is 1. The Kier molecular flexibility index (Phi) is 4.90. The fourth-order valence-electron chi connectivity index (χ4n) is 2.72. The van der Waals surface area contributed by atoms with Gasteiger partial charge in [-0.25, -0.2) is 0 Å². The Morgan fingerprint density at radius 3 is 2.92 bits per heavy atom. The molecule has 1 aromatic carbocycles. The van der Waals surface area contributed by atoms with Crippen molar-refractivity contribution in [3.63, 3.8) is 0 Å². The number of nitro groups is 1. The Balaban J connectivity index is 1.95. The van der Waals surface area contributed by atoms with Crippen molar-refractivity contribution < 1.29 is 9.72 Å². The zero-order chi connectivity index (χ0) is 18.5. The van der Waals surface area contributed by atoms with Crippen LogP contribution in [0, 0.1) is 21.4 Å². The van der Waals surface area contributed by atoms with Crippen LogP contribution in [-0.2, 0) is 6.54 Å². The molecule has 0 saturated heterocycles. The Morgan fingerprint density at radius 2 is 2.23 bits per heavy atom. The van der Waals surface area contributed by atoms with Crippen LogP contribution in [0.5, 0.6) is 0 Å². The van der Waals surface area contributed by atoms with E-state index in [9.17, 15) is 14.9 Å². The molecule has 0 bridgehead atoms. The quantitative estimate of drug-likeness (QED) is 0.542. The molecule has 2 aromatic heterocycles. The number of aromatic nitrogens is 2. The van der Waals surface area contributed by atoms with Gasteiger partial charge in [-0.2, -0.15) is 5.26 Å². The standard InChI is InChI=1S/C18H15N5O3/c19-6-2-8-22(12-13-3-1-7-20-10-13)18(24)16-11-21-17-5-4-14(23(25)26)9-15(16)17/h1,3-5,7,9-11,21H,2,8,12H2. The molecule has 3 rings (SSSR count). The first-order valence-corrected chi connectivity index (χ1v) is 7.91. The van der Waals surface area contributed by atoms with Crippen LogP contribution in [0.3, 0.4) is 0 Å². The fraction of sp³-hybridized carbons (Fsp3) is 0.167. The van der Waals surface area contributed by atoms with Crippen LogP contribution < -0.4 is 0 Å². The van der Waals surface area contributed by atoms with Crippen molar-refractivity contribution in [3.8, 4) is 6.07 Å². The van der Waals surface area contributed by atoms with Gasteiger partial charge in [-0.05, 0) is 17.7 Å². The van der Waals surface area contributed by atoms with E-state index in [4.69, 9.17) is 5.26 Å². The van der Waals surface area contributed by atoms with Gasteiger partial charge in [-0.15, -0.1) is 0 Å². The van der Waals surface area contributed by atoms with Gasteiger partial charge in [0.15, 0.2) is 0 Å². The number of rotatable bonds is 6. The van der Waals surface area contributed by atoms with Gasteiger partial charge in [-0.3, -0.25) is 19.9 Å². The molecule has 130 valence electrons. The molecular formula is C18H15N5O3. The summed E-state index contributed by atoms with van der Waals surface area (Å²) in [4.78, 5) is 32.1. The summed E-state index contributed by atoms with van der Waals surface area (Å²) >= 11 is 0. The lowest BCUT2D eigenvalue weighted by atomic mass is 10.1. The van der Waals surface area contributed by atoms with Crippen LogP contribution in [0.2, 0.25) is 0 Å². The Labute approximate surface area is 148 Å². The number of H-pyrrole nitrogens is 1. The monoisotopic (exact) mass is 349 g/mol. The largest absolute Gasteiger partial charge is 0.360 e. The Bertz CT molecular complexity index is 991. The number of carbonyl (C=O) groups excluding carboxylic acids is 1. The minimum atomic E-state index is -0.496. The Hall–Kier alpha value is -3.73. The molecule has 1 amide bonds. The summed E-state index contributed by atoms with van der Waals surface area (Å²) in [7, 11) is 0. The first-order valence-electron chi connectivity index (χ1n) is 7.91. The highest BCUT2D eigenvalue weighted by atomic mass is 16.6. The summed E-state index contributed by atoms with van der Waals surface area (Å²) in [6.45, 7) is 0.557. The van der Waals surface area contributed by atoms with E-state index in [0.29, 0.717) is 23.0 Å². The average molecular weight is 349 g/mol. The van der Waals surface area contributed by atoms with Crippen LogP contribution in [0.15, 0.2) is 48.9 Å². The van der Waals surface area contributed by atoms with E-state index >= 15 is 0 Å². The molecule has 0 aliphatic carbocycles. The van der Waals surface area contributed by atoms with Crippen LogP contribution >= 0.6 is 0 Å². The molecule has 0 aliphatic heterocycles. The molecule has 8 nitrogen and oxygen atoms in total. The number of nitrogens with one attached hydrogen (secondary N) is 1. The summed E-state index contributed by atoms with van der Waals surface area (Å²) in [5.74, 6) is -0.296. The molecule has 26 heavy (non-hydrogen) atoms. The van der Waals surface area contributed by atoms with Gasteiger partial charge in [0.1, 0.15) is 0 Å². The number of pyridine rings is 1. The highest BCUT2D eigenvalue weighted by molar-refractivity contribution is 6.07. The van der Waals surface area contributed by atoms with Crippen LogP contribution in [0.25, 0.3) is 10.9 Å². The first-order chi connectivity index (χ1) is 12.6. The second-order valence-electron chi connectivity index (χ2n) is 5.69. The number of hydrogen-bond acceptors (Lipinski definition) is 5. The van der Waals surface area contributed by atoms with Gasteiger partial charge in [0, 0.05) is 54.7 Å². The third kappa shape index (κ3) is 3.52. The molecule has 0 atom stereocenters. The van der Waals surface area contributed by atoms with E-state index in [2.05, 4.69) is 9.97 Å². The lowest BCUT2D eigenvalue weighted by Gasteiger charge is -2.21. The zero-order valence-electron chi connectivity index (χ0n) is 13.8. The van der Waals surface area contributed by atoms with E-state index in [1.807, 2.05) is 12.1 Å². The van der Waals surface area contributed by atoms with Crippen LogP contribution in [0.4, 0.5) is 5.69 Å². The smallest absolute Gasteiger partial charge is 0.270 e. The van der Waals surface area contributed by atoms with Crippen molar-refractivity contribution in [3.05, 3.63) is 70.2 Å². The van der Waals surface area contributed by atoms with E-state index < -0.39 is 4.92 Å². The Morgan fingerprint density at radius 1 is 1.38 bits per heavy atom. The normalized spacial score (nSPS) is 10.4. The predicted octanol–water partition coefficient (Wildman–Crippen LogP) is 3.03. The SMILES string of the molecule is N#CCCN(Cc1cccnc1)C(=O)c1c[nH]c2ccc([N+](=O)[O-])cc12. The fourth-order valence-corrected chi connectivity index (χ4v) is 2.72. The molecule has 0 unspecified atom stereocenters. The van der Waals surface area contributed by atoms with Crippen molar-refractivity contribution in [2.45, 2.75) is 13.0 Å². The number of nitrogens with zero attached hydrogens (tertiary/aromatic N) is 4. The lowest BCUT2D eigenvalue weighted by molar-refractivity contribution is -0.384. The van der Waals surface area contributed by atoms with Gasteiger partial charge in [-0.1, -0.05) is 6.07 Å². The number of non-ortho nitro benzene ring substituents is 1. The maximum atomic E-state index is 13.0. The number of nitriles is 1. The number of carbonyl (C=O) groups is 1. The second kappa shape index (κ2) is 7.44. The van der Waals surface area contributed by atoms with Crippen molar-refractivity contribution in [1.29, 1.82) is 5.26 Å². The average Bonchev–Trinajstić information content (AvgIpc) is 3.08. The summed E-state index contributed by atoms with van der Waals surface area (Å²) in [5, 5.41) is 20.4. The first kappa shape index (κ1) is 17.1. The van der Waals surface area contributed by atoms with E-state index in [1.165, 1.54) is 12.1 Å². The van der Waals surface area contributed by atoms with E-state index in [-0.39, 0.29) is 24.6 Å². The van der Waals surface area contributed by atoms with E-state index in [0.717, 1.165) is 5.56 Å². The third-order valence-electron chi connectivity index (χ3n) is 3.98. The molecule has 0 spiro atoms. The molecule has 0 aliphatic rings. The van der Waals surface area contributed by atoms with Crippen molar-refractivity contribution in [1.82, 2.24) is 14.9 Å². The van der Waals surface area contributed by atoms with Gasteiger partial charge >= 0.3 is 0 Å². The lowest BCUT2D eigenvalue weighted by Crippen LogP contribution is -2.31. The number of fused-ring (bicyclic) bond motifs is 1. The predicted molar refractivity (Wildman–Crippen MR) is 94.2 cm³/mol. The van der Waals surface area contributed by atoms with Gasteiger partial charge in [0.25, 0.3) is 11.6 Å². The molecule has 2 heterocycles. The van der Waals surface area contributed by atoms with Gasteiger partial charge in [0.05, 0.1) is 23.0 Å². The number of amides is 1. The van der Waals surface area contributed by atoms with Gasteiger partial charge < -0.3 is 9.88 Å². The summed E-state index contributed by atoms with van der Waals surface area (Å²) < 4.78 is 0. The zero-order valence-corrected chi connectivity index (χ0v) is 13.8. The van der Waals surface area contributed by atoms with Crippen molar-refractivity contribution >= 4 is 22.5 Å². The molecule has 3 aromatic rings. The van der Waals surface area contributed by atoms with Gasteiger partial charge in [0.2, 0.25) is 0 Å². The maximum Gasteiger partial charge on any atom is 0.270 e. The minimum absolute atomic E-state index is 0.0815. The van der Waals surface area contributed by atoms with E-state index in [1.54, 1.807) is 35.6 Å². The molecule has 1 N–H and O–H groups in total. The van der Waals surface area contributed by atoms with Crippen molar-refractivity contribution in [2.24, 2.45) is 0 Å². The topological polar surface area (TPSA) is 116 Å². The molecule has 0 fully saturated rings. The number of benzene rings is 1. The second-order valence-corrected chi connectivity index (χ2v) is 5.69. The molecular weight excluding hydrogens is 334 g/mol. The summed E-state index contributed by atoms with van der Waals surface area (Å²) in [6, 6.07) is 10.0. The van der Waals surface area contributed by atoms with Crippen molar-refractivity contribution in [2.75, 3.05) is 6.54 Å². The number of nitro benzene ring substituents is 1. The number of hydrogen-bond donors (Lipinski definition) is 1. The summed E-state index contributed by atoms with van der Waals surface area (Å²) in [6.07, 6.45) is 5.03. The third-order valence-corrected chi connectivity index (χ3v) is 3.98. The minimum Gasteiger partial charge on any atom is -0.360 e. The van der Waals surface area contributed by atoms with Crippen LogP contribution in [0.1, 0.15) is 22.3 Å². The van der Waals surface area contributed by atoms with Crippen LogP contribution in [-0.4, -0.2) is 32.2 Å². The maximum absolute atomic E-state index is 13.0. The summed E-state index contributed by atoms with van der Waals surface area (Å²) in [5.41, 5.74) is 1.73.